The van der Waals surface area contributed by atoms with E-state index < -0.39 is 9.84 Å². The first kappa shape index (κ1) is 14.0. The summed E-state index contributed by atoms with van der Waals surface area (Å²) in [4.78, 5) is 3.99. The Morgan fingerprint density at radius 1 is 1.26 bits per heavy atom. The summed E-state index contributed by atoms with van der Waals surface area (Å²) >= 11 is 5.94. The smallest absolute Gasteiger partial charge is 0.241 e. The van der Waals surface area contributed by atoms with Crippen LogP contribution in [0.4, 0.5) is 0 Å². The van der Waals surface area contributed by atoms with E-state index in [0.29, 0.717) is 22.8 Å². The largest absolute Gasteiger partial charge is 0.338 e. The molecule has 0 unspecified atom stereocenters. The molecule has 1 aromatic heterocycles. The Hall–Kier alpha value is -1.40. The SMILES string of the molecule is CCc1noc(CS(=O)(=O)Cc2ccccc2Cl)n1. The van der Waals surface area contributed by atoms with E-state index in [4.69, 9.17) is 16.1 Å². The van der Waals surface area contributed by atoms with Gasteiger partial charge in [-0.05, 0) is 11.6 Å². The summed E-state index contributed by atoms with van der Waals surface area (Å²) in [6, 6.07) is 6.85. The number of nitrogens with zero attached hydrogens (tertiary/aromatic N) is 2. The zero-order valence-corrected chi connectivity index (χ0v) is 11.9. The Morgan fingerprint density at radius 2 is 2.00 bits per heavy atom. The fraction of sp³-hybridized carbons (Fsp3) is 0.333. The minimum atomic E-state index is -3.39. The first-order valence-electron chi connectivity index (χ1n) is 5.75. The fourth-order valence-corrected chi connectivity index (χ4v) is 3.19. The zero-order chi connectivity index (χ0) is 13.9. The van der Waals surface area contributed by atoms with Crippen LogP contribution in [0.5, 0.6) is 0 Å². The van der Waals surface area contributed by atoms with Crippen LogP contribution < -0.4 is 0 Å². The van der Waals surface area contributed by atoms with Crippen molar-refractivity contribution in [2.75, 3.05) is 0 Å². The van der Waals surface area contributed by atoms with E-state index in [2.05, 4.69) is 10.1 Å². The Labute approximate surface area is 116 Å². The van der Waals surface area contributed by atoms with Gasteiger partial charge in [-0.25, -0.2) is 8.42 Å². The second-order valence-electron chi connectivity index (χ2n) is 4.08. The Morgan fingerprint density at radius 3 is 2.63 bits per heavy atom. The third kappa shape index (κ3) is 3.78. The van der Waals surface area contributed by atoms with Gasteiger partial charge >= 0.3 is 0 Å². The van der Waals surface area contributed by atoms with Crippen LogP contribution in [0.2, 0.25) is 5.02 Å². The number of benzene rings is 1. The van der Waals surface area contributed by atoms with E-state index in [-0.39, 0.29) is 17.4 Å². The van der Waals surface area contributed by atoms with Gasteiger partial charge in [0.1, 0.15) is 5.75 Å². The molecule has 0 N–H and O–H groups in total. The van der Waals surface area contributed by atoms with Crippen LogP contribution in [-0.4, -0.2) is 18.6 Å². The van der Waals surface area contributed by atoms with Crippen LogP contribution in [0.25, 0.3) is 0 Å². The molecule has 2 aromatic rings. The standard InChI is InChI=1S/C12H13ClN2O3S/c1-2-11-14-12(18-15-11)8-19(16,17)7-9-5-3-4-6-10(9)13/h3-6H,2,7-8H2,1H3. The van der Waals surface area contributed by atoms with Crippen LogP contribution >= 0.6 is 11.6 Å². The summed E-state index contributed by atoms with van der Waals surface area (Å²) in [5.74, 6) is 0.203. The Balaban J connectivity index is 2.13. The monoisotopic (exact) mass is 300 g/mol. The highest BCUT2D eigenvalue weighted by Crippen LogP contribution is 2.19. The minimum absolute atomic E-state index is 0.115. The molecule has 102 valence electrons. The summed E-state index contributed by atoms with van der Waals surface area (Å²) in [7, 11) is -3.39. The van der Waals surface area contributed by atoms with Gasteiger partial charge in [-0.2, -0.15) is 4.98 Å². The van der Waals surface area contributed by atoms with Crippen LogP contribution in [-0.2, 0) is 27.8 Å². The van der Waals surface area contributed by atoms with Crippen LogP contribution in [0.1, 0.15) is 24.2 Å². The van der Waals surface area contributed by atoms with E-state index in [1.54, 1.807) is 24.3 Å². The van der Waals surface area contributed by atoms with Gasteiger partial charge in [0.05, 0.1) is 5.75 Å². The zero-order valence-electron chi connectivity index (χ0n) is 10.3. The first-order chi connectivity index (χ1) is 9.00. The second kappa shape index (κ2) is 5.71. The highest BCUT2D eigenvalue weighted by atomic mass is 35.5. The summed E-state index contributed by atoms with van der Waals surface area (Å²) < 4.78 is 29.0. The van der Waals surface area contributed by atoms with Crippen molar-refractivity contribution in [2.45, 2.75) is 24.9 Å². The molecule has 0 saturated heterocycles. The Bertz CT molecular complexity index is 667. The molecule has 0 radical (unpaired) electrons. The molecule has 0 fully saturated rings. The van der Waals surface area contributed by atoms with Crippen molar-refractivity contribution >= 4 is 21.4 Å². The number of aryl methyl sites for hydroxylation is 1. The summed E-state index contributed by atoms with van der Waals surface area (Å²) in [5.41, 5.74) is 0.569. The van der Waals surface area contributed by atoms with Gasteiger partial charge in [0.15, 0.2) is 15.7 Å². The first-order valence-corrected chi connectivity index (χ1v) is 7.95. The van der Waals surface area contributed by atoms with Crippen LogP contribution in [0.3, 0.4) is 0 Å². The second-order valence-corrected chi connectivity index (χ2v) is 6.55. The molecule has 0 amide bonds. The average Bonchev–Trinajstić information content (AvgIpc) is 2.78. The van der Waals surface area contributed by atoms with E-state index in [1.807, 2.05) is 6.92 Å². The molecule has 0 bridgehead atoms. The van der Waals surface area contributed by atoms with Gasteiger partial charge < -0.3 is 4.52 Å². The normalized spacial score (nSPS) is 11.7. The molecule has 19 heavy (non-hydrogen) atoms. The molecule has 0 saturated carbocycles. The van der Waals surface area contributed by atoms with E-state index in [0.717, 1.165) is 0 Å². The lowest BCUT2D eigenvalue weighted by molar-refractivity contribution is 0.383. The molecular formula is C12H13ClN2O3S. The van der Waals surface area contributed by atoms with Gasteiger partial charge in [-0.15, -0.1) is 0 Å². The summed E-state index contributed by atoms with van der Waals surface area (Å²) in [6.45, 7) is 1.87. The van der Waals surface area contributed by atoms with E-state index >= 15 is 0 Å². The van der Waals surface area contributed by atoms with Crippen molar-refractivity contribution in [1.29, 1.82) is 0 Å². The number of sulfone groups is 1. The number of hydrogen-bond acceptors (Lipinski definition) is 5. The molecule has 1 heterocycles. The van der Waals surface area contributed by atoms with Crippen molar-refractivity contribution in [3.05, 3.63) is 46.6 Å². The molecule has 0 aliphatic carbocycles. The maximum Gasteiger partial charge on any atom is 0.241 e. The van der Waals surface area contributed by atoms with Crippen LogP contribution in [0, 0.1) is 0 Å². The molecule has 0 aliphatic heterocycles. The highest BCUT2D eigenvalue weighted by Gasteiger charge is 2.18. The molecule has 0 spiro atoms. The highest BCUT2D eigenvalue weighted by molar-refractivity contribution is 7.89. The van der Waals surface area contributed by atoms with Crippen molar-refractivity contribution in [1.82, 2.24) is 10.1 Å². The topological polar surface area (TPSA) is 73.1 Å². The number of rotatable bonds is 5. The third-order valence-electron chi connectivity index (χ3n) is 2.50. The number of hydrogen-bond donors (Lipinski definition) is 0. The molecule has 0 atom stereocenters. The van der Waals surface area contributed by atoms with E-state index in [1.165, 1.54) is 0 Å². The third-order valence-corrected chi connectivity index (χ3v) is 4.31. The van der Waals surface area contributed by atoms with Gasteiger partial charge in [0, 0.05) is 11.4 Å². The average molecular weight is 301 g/mol. The van der Waals surface area contributed by atoms with Gasteiger partial charge in [0.25, 0.3) is 0 Å². The van der Waals surface area contributed by atoms with Gasteiger partial charge in [-0.3, -0.25) is 0 Å². The summed E-state index contributed by atoms with van der Waals surface area (Å²) in [5, 5.41) is 4.10. The van der Waals surface area contributed by atoms with E-state index in [9.17, 15) is 8.42 Å². The van der Waals surface area contributed by atoms with Crippen LogP contribution in [0.15, 0.2) is 28.8 Å². The van der Waals surface area contributed by atoms with Crippen molar-refractivity contribution in [3.63, 3.8) is 0 Å². The number of halogens is 1. The quantitative estimate of drug-likeness (QED) is 0.847. The Kier molecular flexibility index (Phi) is 4.21. The lowest BCUT2D eigenvalue weighted by Crippen LogP contribution is -2.08. The maximum absolute atomic E-state index is 12.0. The molecule has 7 heteroatoms. The van der Waals surface area contributed by atoms with Gasteiger partial charge in [0.2, 0.25) is 5.89 Å². The molecule has 1 aromatic carbocycles. The van der Waals surface area contributed by atoms with Crippen molar-refractivity contribution < 1.29 is 12.9 Å². The minimum Gasteiger partial charge on any atom is -0.338 e. The predicted octanol–water partition coefficient (Wildman–Crippen LogP) is 2.40. The molecule has 0 aliphatic rings. The maximum atomic E-state index is 12.0. The lowest BCUT2D eigenvalue weighted by Gasteiger charge is -2.03. The summed E-state index contributed by atoms with van der Waals surface area (Å²) in [6.07, 6.45) is 0.605. The van der Waals surface area contributed by atoms with Crippen molar-refractivity contribution in [2.24, 2.45) is 0 Å². The molecule has 5 nitrogen and oxygen atoms in total. The fourth-order valence-electron chi connectivity index (χ4n) is 1.58. The predicted molar refractivity (Wildman–Crippen MR) is 71.5 cm³/mol. The number of aromatic nitrogens is 2. The van der Waals surface area contributed by atoms with Gasteiger partial charge in [-0.1, -0.05) is 41.9 Å². The molecule has 2 rings (SSSR count). The molecular weight excluding hydrogens is 288 g/mol. The van der Waals surface area contributed by atoms with Crippen molar-refractivity contribution in [3.8, 4) is 0 Å². The lowest BCUT2D eigenvalue weighted by atomic mass is 10.2.